The Balaban J connectivity index is 2.20. The number of aliphatic hydroxyl groups excluding tert-OH is 2. The predicted octanol–water partition coefficient (Wildman–Crippen LogP) is -0.321. The van der Waals surface area contributed by atoms with Crippen LogP contribution in [0, 0.1) is 0 Å². The van der Waals surface area contributed by atoms with E-state index in [4.69, 9.17) is 10.5 Å². The van der Waals surface area contributed by atoms with Gasteiger partial charge in [-0.15, -0.1) is 0 Å². The zero-order chi connectivity index (χ0) is 19.4. The van der Waals surface area contributed by atoms with Gasteiger partial charge in [-0.05, 0) is 32.1 Å². The van der Waals surface area contributed by atoms with Crippen molar-refractivity contribution in [3.63, 3.8) is 0 Å². The monoisotopic (exact) mass is 362 g/mol. The lowest BCUT2D eigenvalue weighted by Crippen LogP contribution is -2.47. The molecule has 4 atom stereocenters. The second-order valence-corrected chi connectivity index (χ2v) is 6.22. The second kappa shape index (κ2) is 8.11. The molecule has 0 aliphatic heterocycles. The zero-order valence-electron chi connectivity index (χ0n) is 14.5. The standard InChI is InChI=1S/C18H22N2O6/c1-9(17(19)24)20-18(25)12-7-14(22)16(23)15(8-12)26-13-5-3-4-11(6-13)10(2)21/h3-6,8-9,14-16,22-23H,7H2,1-2H3,(H2,19,24)(H,20,25). The van der Waals surface area contributed by atoms with E-state index in [0.717, 1.165) is 0 Å². The van der Waals surface area contributed by atoms with E-state index >= 15 is 0 Å². The first kappa shape index (κ1) is 19.6. The third kappa shape index (κ3) is 4.68. The number of hydrogen-bond acceptors (Lipinski definition) is 6. The summed E-state index contributed by atoms with van der Waals surface area (Å²) in [4.78, 5) is 34.8. The summed E-state index contributed by atoms with van der Waals surface area (Å²) < 4.78 is 5.65. The Morgan fingerprint density at radius 3 is 2.62 bits per heavy atom. The number of Topliss-reactive ketones (excluding diaryl/α,β-unsaturated/α-hetero) is 1. The number of rotatable bonds is 6. The van der Waals surface area contributed by atoms with Crippen LogP contribution < -0.4 is 15.8 Å². The molecule has 0 bridgehead atoms. The Kier molecular flexibility index (Phi) is 6.12. The Hall–Kier alpha value is -2.71. The maximum Gasteiger partial charge on any atom is 0.247 e. The lowest BCUT2D eigenvalue weighted by atomic mass is 9.91. The minimum Gasteiger partial charge on any atom is -0.483 e. The van der Waals surface area contributed by atoms with Gasteiger partial charge in [0.2, 0.25) is 11.8 Å². The Morgan fingerprint density at radius 2 is 2.00 bits per heavy atom. The topological polar surface area (TPSA) is 139 Å². The summed E-state index contributed by atoms with van der Waals surface area (Å²) in [6.45, 7) is 2.86. The number of aliphatic hydroxyl groups is 2. The molecule has 140 valence electrons. The van der Waals surface area contributed by atoms with E-state index in [2.05, 4.69) is 5.32 Å². The number of nitrogens with one attached hydrogen (secondary N) is 1. The molecular weight excluding hydrogens is 340 g/mol. The van der Waals surface area contributed by atoms with Gasteiger partial charge in [-0.3, -0.25) is 14.4 Å². The summed E-state index contributed by atoms with van der Waals surface area (Å²) in [7, 11) is 0. The highest BCUT2D eigenvalue weighted by Crippen LogP contribution is 2.25. The van der Waals surface area contributed by atoms with Crippen molar-refractivity contribution in [2.24, 2.45) is 5.73 Å². The van der Waals surface area contributed by atoms with Crippen LogP contribution >= 0.6 is 0 Å². The van der Waals surface area contributed by atoms with Crippen LogP contribution in [0.5, 0.6) is 5.75 Å². The van der Waals surface area contributed by atoms with E-state index in [1.54, 1.807) is 18.2 Å². The Bertz CT molecular complexity index is 745. The molecule has 8 nitrogen and oxygen atoms in total. The molecule has 1 aromatic rings. The molecule has 1 aromatic carbocycles. The second-order valence-electron chi connectivity index (χ2n) is 6.22. The molecule has 2 amide bonds. The fourth-order valence-corrected chi connectivity index (χ4v) is 2.51. The van der Waals surface area contributed by atoms with Crippen molar-refractivity contribution >= 4 is 17.6 Å². The SMILES string of the molecule is CC(=O)c1cccc(OC2C=C(C(=O)NC(C)C(N)=O)CC(O)C2O)c1. The van der Waals surface area contributed by atoms with Gasteiger partial charge in [-0.1, -0.05) is 12.1 Å². The molecular formula is C18H22N2O6. The summed E-state index contributed by atoms with van der Waals surface area (Å²) in [5.74, 6) is -1.09. The van der Waals surface area contributed by atoms with Crippen LogP contribution in [0.25, 0.3) is 0 Å². The maximum absolute atomic E-state index is 12.2. The molecule has 0 fully saturated rings. The van der Waals surface area contributed by atoms with Gasteiger partial charge in [0, 0.05) is 17.6 Å². The third-order valence-electron chi connectivity index (χ3n) is 4.10. The van der Waals surface area contributed by atoms with Crippen LogP contribution in [-0.4, -0.2) is 52.2 Å². The first-order valence-electron chi connectivity index (χ1n) is 8.13. The van der Waals surface area contributed by atoms with Crippen LogP contribution in [0.2, 0.25) is 0 Å². The van der Waals surface area contributed by atoms with Gasteiger partial charge >= 0.3 is 0 Å². The van der Waals surface area contributed by atoms with Crippen molar-refractivity contribution in [1.82, 2.24) is 5.32 Å². The van der Waals surface area contributed by atoms with Gasteiger partial charge in [0.1, 0.15) is 24.0 Å². The molecule has 0 radical (unpaired) electrons. The molecule has 1 aliphatic rings. The van der Waals surface area contributed by atoms with Gasteiger partial charge in [-0.2, -0.15) is 0 Å². The van der Waals surface area contributed by atoms with E-state index in [1.807, 2.05) is 0 Å². The summed E-state index contributed by atoms with van der Waals surface area (Å²) in [5.41, 5.74) is 5.72. The molecule has 0 saturated carbocycles. The number of amides is 2. The van der Waals surface area contributed by atoms with Crippen LogP contribution in [-0.2, 0) is 9.59 Å². The number of ether oxygens (including phenoxy) is 1. The molecule has 0 spiro atoms. The summed E-state index contributed by atoms with van der Waals surface area (Å²) >= 11 is 0. The van der Waals surface area contributed by atoms with Crippen LogP contribution in [0.1, 0.15) is 30.6 Å². The smallest absolute Gasteiger partial charge is 0.247 e. The van der Waals surface area contributed by atoms with Gasteiger partial charge in [0.25, 0.3) is 0 Å². The third-order valence-corrected chi connectivity index (χ3v) is 4.10. The fourth-order valence-electron chi connectivity index (χ4n) is 2.51. The molecule has 2 rings (SSSR count). The maximum atomic E-state index is 12.2. The molecule has 1 aliphatic carbocycles. The van der Waals surface area contributed by atoms with E-state index in [0.29, 0.717) is 11.3 Å². The van der Waals surface area contributed by atoms with Crippen molar-refractivity contribution in [2.45, 2.75) is 44.6 Å². The number of ketones is 1. The van der Waals surface area contributed by atoms with Crippen molar-refractivity contribution < 1.29 is 29.3 Å². The van der Waals surface area contributed by atoms with Crippen molar-refractivity contribution in [3.05, 3.63) is 41.5 Å². The van der Waals surface area contributed by atoms with E-state index < -0.39 is 36.2 Å². The highest BCUT2D eigenvalue weighted by molar-refractivity contribution is 5.97. The van der Waals surface area contributed by atoms with Crippen molar-refractivity contribution in [1.29, 1.82) is 0 Å². The van der Waals surface area contributed by atoms with Crippen LogP contribution in [0.15, 0.2) is 35.9 Å². The zero-order valence-corrected chi connectivity index (χ0v) is 14.5. The average molecular weight is 362 g/mol. The fraction of sp³-hybridized carbons (Fsp3) is 0.389. The number of benzene rings is 1. The predicted molar refractivity (Wildman–Crippen MR) is 92.4 cm³/mol. The first-order valence-corrected chi connectivity index (χ1v) is 8.13. The molecule has 0 saturated heterocycles. The van der Waals surface area contributed by atoms with Crippen molar-refractivity contribution in [3.8, 4) is 5.75 Å². The molecule has 5 N–H and O–H groups in total. The Morgan fingerprint density at radius 1 is 1.31 bits per heavy atom. The van der Waals surface area contributed by atoms with Gasteiger partial charge in [0.05, 0.1) is 6.10 Å². The number of hydrogen-bond donors (Lipinski definition) is 4. The van der Waals surface area contributed by atoms with Gasteiger partial charge < -0.3 is 26.0 Å². The van der Waals surface area contributed by atoms with Crippen LogP contribution in [0.3, 0.4) is 0 Å². The number of carbonyl (C=O) groups is 3. The lowest BCUT2D eigenvalue weighted by Gasteiger charge is -2.31. The van der Waals surface area contributed by atoms with Gasteiger partial charge in [-0.25, -0.2) is 0 Å². The van der Waals surface area contributed by atoms with E-state index in [9.17, 15) is 24.6 Å². The van der Waals surface area contributed by atoms with E-state index in [-0.39, 0.29) is 17.8 Å². The van der Waals surface area contributed by atoms with E-state index in [1.165, 1.54) is 26.0 Å². The normalized spacial score (nSPS) is 23.5. The first-order chi connectivity index (χ1) is 12.2. The lowest BCUT2D eigenvalue weighted by molar-refractivity contribution is -0.125. The molecule has 4 unspecified atom stereocenters. The quantitative estimate of drug-likeness (QED) is 0.512. The highest BCUT2D eigenvalue weighted by atomic mass is 16.5. The Labute approximate surface area is 150 Å². The number of nitrogens with two attached hydrogens (primary N) is 1. The molecule has 0 heterocycles. The van der Waals surface area contributed by atoms with Gasteiger partial charge in [0.15, 0.2) is 5.78 Å². The molecule has 8 heteroatoms. The molecule has 0 aromatic heterocycles. The number of carbonyl (C=O) groups excluding carboxylic acids is 3. The number of primary amides is 1. The summed E-state index contributed by atoms with van der Waals surface area (Å²) in [6, 6.07) is 5.49. The summed E-state index contributed by atoms with van der Waals surface area (Å²) in [5, 5.41) is 22.6. The highest BCUT2D eigenvalue weighted by Gasteiger charge is 2.34. The van der Waals surface area contributed by atoms with Crippen LogP contribution in [0.4, 0.5) is 0 Å². The largest absolute Gasteiger partial charge is 0.483 e. The average Bonchev–Trinajstić information content (AvgIpc) is 2.58. The minimum atomic E-state index is -1.25. The summed E-state index contributed by atoms with van der Waals surface area (Å²) in [6.07, 6.45) is -2.16. The molecule has 26 heavy (non-hydrogen) atoms. The van der Waals surface area contributed by atoms with Crippen molar-refractivity contribution in [2.75, 3.05) is 0 Å². The minimum absolute atomic E-state index is 0.0914.